The van der Waals surface area contributed by atoms with E-state index in [1.807, 2.05) is 42.7 Å². The van der Waals surface area contributed by atoms with E-state index in [4.69, 9.17) is 16.3 Å². The summed E-state index contributed by atoms with van der Waals surface area (Å²) in [4.78, 5) is 34.1. The number of benzene rings is 1. The van der Waals surface area contributed by atoms with Gasteiger partial charge in [-0.2, -0.15) is 0 Å². The van der Waals surface area contributed by atoms with Crippen LogP contribution in [0.4, 0.5) is 0 Å². The molecule has 4 rings (SSSR count). The summed E-state index contributed by atoms with van der Waals surface area (Å²) in [5, 5.41) is 0.630. The Labute approximate surface area is 172 Å². The zero-order valence-electron chi connectivity index (χ0n) is 16.7. The molecule has 2 aromatic heterocycles. The number of ether oxygens (including phenoxy) is 1. The average molecular weight is 418 g/mol. The largest absolute Gasteiger partial charge is 0.373 e. The first-order valence-corrected chi connectivity index (χ1v) is 10.0. The zero-order chi connectivity index (χ0) is 20.7. The van der Waals surface area contributed by atoms with Gasteiger partial charge in [0.25, 0.3) is 5.56 Å². The van der Waals surface area contributed by atoms with Gasteiger partial charge in [0.05, 0.1) is 18.8 Å². The van der Waals surface area contributed by atoms with Crippen LogP contribution in [0.15, 0.2) is 33.9 Å². The molecule has 1 aliphatic rings. The lowest BCUT2D eigenvalue weighted by Gasteiger charge is -2.35. The van der Waals surface area contributed by atoms with Crippen molar-refractivity contribution in [1.82, 2.24) is 24.0 Å². The van der Waals surface area contributed by atoms with Crippen molar-refractivity contribution in [3.63, 3.8) is 0 Å². The molecule has 3 aromatic rings. The summed E-state index contributed by atoms with van der Waals surface area (Å²) in [6.07, 6.45) is 0.245. The molecular formula is C20H24ClN5O3. The number of fused-ring (bicyclic) bond motifs is 1. The van der Waals surface area contributed by atoms with Gasteiger partial charge in [-0.3, -0.25) is 19.2 Å². The van der Waals surface area contributed by atoms with E-state index in [9.17, 15) is 9.59 Å². The molecule has 154 valence electrons. The first kappa shape index (κ1) is 19.9. The van der Waals surface area contributed by atoms with Crippen molar-refractivity contribution < 1.29 is 4.74 Å². The number of aryl methyl sites for hydroxylation is 1. The molecular weight excluding hydrogens is 394 g/mol. The van der Waals surface area contributed by atoms with Crippen molar-refractivity contribution in [3.8, 4) is 0 Å². The van der Waals surface area contributed by atoms with Gasteiger partial charge in [-0.05, 0) is 31.5 Å². The molecule has 9 heteroatoms. The highest BCUT2D eigenvalue weighted by atomic mass is 35.5. The molecule has 0 radical (unpaired) electrons. The van der Waals surface area contributed by atoms with Crippen LogP contribution in [-0.2, 0) is 24.9 Å². The monoisotopic (exact) mass is 417 g/mol. The molecule has 2 unspecified atom stereocenters. The topological polar surface area (TPSA) is 85.2 Å². The Bertz CT molecular complexity index is 1160. The van der Waals surface area contributed by atoms with Gasteiger partial charge in [-0.25, -0.2) is 9.78 Å². The van der Waals surface area contributed by atoms with Crippen molar-refractivity contribution in [3.05, 3.63) is 61.5 Å². The Morgan fingerprint density at radius 2 is 1.93 bits per heavy atom. The standard InChI is InChI=1S/C20H24ClN5O3/c1-12-8-25(9-13(2)29-12)11-16-22-18-17(19(27)23-20(28)24(18)3)26(16)10-14-5-4-6-15(21)7-14/h4-7,12-13H,8-11H2,1-3H3,(H,23,27,28). The summed E-state index contributed by atoms with van der Waals surface area (Å²) < 4.78 is 9.08. The third kappa shape index (κ3) is 4.01. The summed E-state index contributed by atoms with van der Waals surface area (Å²) in [7, 11) is 1.61. The van der Waals surface area contributed by atoms with Crippen LogP contribution in [0.3, 0.4) is 0 Å². The number of rotatable bonds is 4. The Morgan fingerprint density at radius 1 is 1.21 bits per heavy atom. The van der Waals surface area contributed by atoms with Gasteiger partial charge in [0, 0.05) is 31.7 Å². The molecule has 1 aromatic carbocycles. The molecule has 2 atom stereocenters. The molecule has 3 heterocycles. The summed E-state index contributed by atoms with van der Waals surface area (Å²) in [5.74, 6) is 0.730. The van der Waals surface area contributed by atoms with E-state index in [1.165, 1.54) is 4.57 Å². The molecule has 1 N–H and O–H groups in total. The summed E-state index contributed by atoms with van der Waals surface area (Å²) in [5.41, 5.74) is 0.805. The van der Waals surface area contributed by atoms with Crippen molar-refractivity contribution in [2.24, 2.45) is 7.05 Å². The van der Waals surface area contributed by atoms with E-state index in [1.54, 1.807) is 7.05 Å². The van der Waals surface area contributed by atoms with Gasteiger partial charge >= 0.3 is 5.69 Å². The molecule has 8 nitrogen and oxygen atoms in total. The van der Waals surface area contributed by atoms with Crippen molar-refractivity contribution in [2.45, 2.75) is 39.1 Å². The Morgan fingerprint density at radius 3 is 2.62 bits per heavy atom. The highest BCUT2D eigenvalue weighted by Gasteiger charge is 2.25. The molecule has 0 aliphatic carbocycles. The van der Waals surface area contributed by atoms with Gasteiger partial charge in [0.1, 0.15) is 5.82 Å². The predicted molar refractivity (Wildman–Crippen MR) is 111 cm³/mol. The molecule has 29 heavy (non-hydrogen) atoms. The van der Waals surface area contributed by atoms with Gasteiger partial charge in [0.2, 0.25) is 0 Å². The Balaban J connectivity index is 1.81. The third-order valence-electron chi connectivity index (χ3n) is 5.18. The van der Waals surface area contributed by atoms with E-state index in [0.717, 1.165) is 24.5 Å². The fraction of sp³-hybridized carbons (Fsp3) is 0.450. The van der Waals surface area contributed by atoms with Crippen LogP contribution in [0, 0.1) is 0 Å². The van der Waals surface area contributed by atoms with E-state index in [2.05, 4.69) is 14.9 Å². The zero-order valence-corrected chi connectivity index (χ0v) is 17.4. The number of H-pyrrole nitrogens is 1. The summed E-state index contributed by atoms with van der Waals surface area (Å²) in [6, 6.07) is 7.51. The molecule has 0 bridgehead atoms. The first-order valence-electron chi connectivity index (χ1n) is 9.62. The van der Waals surface area contributed by atoms with Gasteiger partial charge in [0.15, 0.2) is 11.2 Å². The SMILES string of the molecule is CC1CN(Cc2nc3c(c(=O)[nH]c(=O)n3C)n2Cc2cccc(Cl)c2)CC(C)O1. The van der Waals surface area contributed by atoms with E-state index in [0.29, 0.717) is 29.3 Å². The lowest BCUT2D eigenvalue weighted by Crippen LogP contribution is -2.45. The molecule has 0 saturated carbocycles. The molecule has 1 aliphatic heterocycles. The molecule has 1 saturated heterocycles. The van der Waals surface area contributed by atoms with Crippen LogP contribution >= 0.6 is 11.6 Å². The maximum Gasteiger partial charge on any atom is 0.329 e. The quantitative estimate of drug-likeness (QED) is 0.698. The number of hydrogen-bond donors (Lipinski definition) is 1. The number of halogens is 1. The second-order valence-electron chi connectivity index (χ2n) is 7.69. The number of aromatic nitrogens is 4. The van der Waals surface area contributed by atoms with E-state index < -0.39 is 11.2 Å². The van der Waals surface area contributed by atoms with Crippen LogP contribution in [0.2, 0.25) is 5.02 Å². The minimum Gasteiger partial charge on any atom is -0.373 e. The van der Waals surface area contributed by atoms with Gasteiger partial charge in [-0.1, -0.05) is 23.7 Å². The van der Waals surface area contributed by atoms with Gasteiger partial charge < -0.3 is 9.30 Å². The van der Waals surface area contributed by atoms with Crippen molar-refractivity contribution in [1.29, 1.82) is 0 Å². The van der Waals surface area contributed by atoms with Crippen LogP contribution in [0.25, 0.3) is 11.2 Å². The number of nitrogens with one attached hydrogen (secondary N) is 1. The first-order chi connectivity index (χ1) is 13.8. The lowest BCUT2D eigenvalue weighted by atomic mass is 10.2. The predicted octanol–water partition coefficient (Wildman–Crippen LogP) is 1.73. The number of hydrogen-bond acceptors (Lipinski definition) is 5. The normalized spacial score (nSPS) is 20.4. The Hall–Kier alpha value is -2.42. The third-order valence-corrected chi connectivity index (χ3v) is 5.41. The Kier molecular flexibility index (Phi) is 5.33. The molecule has 1 fully saturated rings. The van der Waals surface area contributed by atoms with E-state index in [-0.39, 0.29) is 12.2 Å². The minimum absolute atomic E-state index is 0.122. The summed E-state index contributed by atoms with van der Waals surface area (Å²) >= 11 is 6.15. The number of morpholine rings is 1. The van der Waals surface area contributed by atoms with Crippen LogP contribution in [0.1, 0.15) is 25.2 Å². The highest BCUT2D eigenvalue weighted by Crippen LogP contribution is 2.19. The smallest absolute Gasteiger partial charge is 0.329 e. The minimum atomic E-state index is -0.477. The van der Waals surface area contributed by atoms with Crippen molar-refractivity contribution >= 4 is 22.8 Å². The van der Waals surface area contributed by atoms with E-state index >= 15 is 0 Å². The van der Waals surface area contributed by atoms with Crippen LogP contribution < -0.4 is 11.2 Å². The number of aromatic amines is 1. The second-order valence-corrected chi connectivity index (χ2v) is 8.12. The number of imidazole rings is 1. The van der Waals surface area contributed by atoms with Crippen LogP contribution in [0.5, 0.6) is 0 Å². The highest BCUT2D eigenvalue weighted by molar-refractivity contribution is 6.30. The fourth-order valence-electron chi connectivity index (χ4n) is 4.00. The van der Waals surface area contributed by atoms with Crippen LogP contribution in [-0.4, -0.2) is 49.3 Å². The second kappa shape index (κ2) is 7.78. The maximum atomic E-state index is 12.7. The molecule has 0 spiro atoms. The fourth-order valence-corrected chi connectivity index (χ4v) is 4.21. The average Bonchev–Trinajstić information content (AvgIpc) is 2.98. The van der Waals surface area contributed by atoms with Crippen molar-refractivity contribution in [2.75, 3.05) is 13.1 Å². The molecule has 0 amide bonds. The van der Waals surface area contributed by atoms with Gasteiger partial charge in [-0.15, -0.1) is 0 Å². The lowest BCUT2D eigenvalue weighted by molar-refractivity contribution is -0.0712. The number of nitrogens with zero attached hydrogens (tertiary/aromatic N) is 4. The summed E-state index contributed by atoms with van der Waals surface area (Å²) in [6.45, 7) is 6.64. The maximum absolute atomic E-state index is 12.7.